The van der Waals surface area contributed by atoms with Gasteiger partial charge >= 0.3 is 0 Å². The van der Waals surface area contributed by atoms with Crippen LogP contribution in [0.2, 0.25) is 0 Å². The first-order chi connectivity index (χ1) is 8.03. The molecule has 94 valence electrons. The summed E-state index contributed by atoms with van der Waals surface area (Å²) in [5.41, 5.74) is 6.06. The SMILES string of the molecule is COc1cc(S(=O)(=O)NCC2CC2)ccc1N. The van der Waals surface area contributed by atoms with E-state index >= 15 is 0 Å². The molecule has 0 spiro atoms. The van der Waals surface area contributed by atoms with Gasteiger partial charge in [-0.25, -0.2) is 13.1 Å². The summed E-state index contributed by atoms with van der Waals surface area (Å²) in [6.45, 7) is 0.509. The molecule has 0 unspecified atom stereocenters. The van der Waals surface area contributed by atoms with Crippen molar-refractivity contribution >= 4 is 15.7 Å². The summed E-state index contributed by atoms with van der Waals surface area (Å²) in [6, 6.07) is 4.45. The highest BCUT2D eigenvalue weighted by atomic mass is 32.2. The molecular weight excluding hydrogens is 240 g/mol. The molecule has 1 aromatic rings. The van der Waals surface area contributed by atoms with Crippen LogP contribution in [0.5, 0.6) is 5.75 Å². The van der Waals surface area contributed by atoms with Gasteiger partial charge in [-0.05, 0) is 30.9 Å². The highest BCUT2D eigenvalue weighted by Crippen LogP contribution is 2.29. The number of hydrogen-bond donors (Lipinski definition) is 2. The third-order valence-corrected chi connectivity index (χ3v) is 4.20. The smallest absolute Gasteiger partial charge is 0.240 e. The average molecular weight is 256 g/mol. The lowest BCUT2D eigenvalue weighted by Gasteiger charge is -2.09. The Hall–Kier alpha value is -1.27. The largest absolute Gasteiger partial charge is 0.495 e. The molecule has 17 heavy (non-hydrogen) atoms. The van der Waals surface area contributed by atoms with Gasteiger partial charge in [-0.1, -0.05) is 0 Å². The number of ether oxygens (including phenoxy) is 1. The van der Waals surface area contributed by atoms with Gasteiger partial charge in [0.25, 0.3) is 0 Å². The fraction of sp³-hybridized carbons (Fsp3) is 0.455. The number of nitrogen functional groups attached to an aromatic ring is 1. The van der Waals surface area contributed by atoms with Gasteiger partial charge in [0.15, 0.2) is 0 Å². The lowest BCUT2D eigenvalue weighted by Crippen LogP contribution is -2.25. The minimum atomic E-state index is -3.45. The Balaban J connectivity index is 2.19. The van der Waals surface area contributed by atoms with Crippen LogP contribution in [0.25, 0.3) is 0 Å². The van der Waals surface area contributed by atoms with Gasteiger partial charge in [-0.2, -0.15) is 0 Å². The first-order valence-corrected chi connectivity index (χ1v) is 6.94. The van der Waals surface area contributed by atoms with E-state index in [4.69, 9.17) is 10.5 Å². The van der Waals surface area contributed by atoms with Gasteiger partial charge in [0.1, 0.15) is 5.75 Å². The van der Waals surface area contributed by atoms with Gasteiger partial charge < -0.3 is 10.5 Å². The topological polar surface area (TPSA) is 81.4 Å². The van der Waals surface area contributed by atoms with Crippen LogP contribution in [0.1, 0.15) is 12.8 Å². The molecule has 6 heteroatoms. The molecule has 0 saturated heterocycles. The van der Waals surface area contributed by atoms with Gasteiger partial charge in [0.05, 0.1) is 17.7 Å². The van der Waals surface area contributed by atoms with Crippen LogP contribution in [0, 0.1) is 5.92 Å². The molecule has 0 radical (unpaired) electrons. The fourth-order valence-corrected chi connectivity index (χ4v) is 2.62. The molecule has 0 aromatic heterocycles. The minimum Gasteiger partial charge on any atom is -0.495 e. The minimum absolute atomic E-state index is 0.184. The molecule has 5 nitrogen and oxygen atoms in total. The number of rotatable bonds is 5. The summed E-state index contributed by atoms with van der Waals surface area (Å²) in [4.78, 5) is 0.184. The fourth-order valence-electron chi connectivity index (χ4n) is 1.49. The number of nitrogens with two attached hydrogens (primary N) is 1. The van der Waals surface area contributed by atoms with Crippen LogP contribution in [-0.2, 0) is 10.0 Å². The Morgan fingerprint density at radius 2 is 2.18 bits per heavy atom. The quantitative estimate of drug-likeness (QED) is 0.769. The third-order valence-electron chi connectivity index (χ3n) is 2.77. The van der Waals surface area contributed by atoms with Crippen molar-refractivity contribution in [3.63, 3.8) is 0 Å². The molecular formula is C11H16N2O3S. The van der Waals surface area contributed by atoms with Crippen LogP contribution in [0.15, 0.2) is 23.1 Å². The number of sulfonamides is 1. The number of benzene rings is 1. The molecule has 0 bridgehead atoms. The highest BCUT2D eigenvalue weighted by Gasteiger charge is 2.24. The van der Waals surface area contributed by atoms with Crippen molar-refractivity contribution < 1.29 is 13.2 Å². The second-order valence-corrected chi connectivity index (χ2v) is 5.97. The van der Waals surface area contributed by atoms with E-state index in [1.54, 1.807) is 0 Å². The van der Waals surface area contributed by atoms with Crippen molar-refractivity contribution in [2.45, 2.75) is 17.7 Å². The molecule has 0 aliphatic heterocycles. The number of methoxy groups -OCH3 is 1. The molecule has 2 rings (SSSR count). The summed E-state index contributed by atoms with van der Waals surface area (Å²) >= 11 is 0. The maximum Gasteiger partial charge on any atom is 0.240 e. The van der Waals surface area contributed by atoms with Crippen molar-refractivity contribution in [3.8, 4) is 5.75 Å². The monoisotopic (exact) mass is 256 g/mol. The third kappa shape index (κ3) is 2.89. The molecule has 1 aliphatic rings. The van der Waals surface area contributed by atoms with E-state index in [0.29, 0.717) is 23.9 Å². The molecule has 1 aromatic carbocycles. The summed E-state index contributed by atoms with van der Waals surface area (Å²) in [7, 11) is -1.99. The Bertz CT molecular complexity index is 509. The van der Waals surface area contributed by atoms with Crippen LogP contribution >= 0.6 is 0 Å². The average Bonchev–Trinajstić information content (AvgIpc) is 3.10. The molecule has 1 saturated carbocycles. The Morgan fingerprint density at radius 3 is 2.76 bits per heavy atom. The predicted octanol–water partition coefficient (Wildman–Crippen LogP) is 0.966. The Morgan fingerprint density at radius 1 is 1.47 bits per heavy atom. The van der Waals surface area contributed by atoms with E-state index < -0.39 is 10.0 Å². The zero-order valence-corrected chi connectivity index (χ0v) is 10.5. The molecule has 0 amide bonds. The van der Waals surface area contributed by atoms with Crippen LogP contribution < -0.4 is 15.2 Å². The number of hydrogen-bond acceptors (Lipinski definition) is 4. The van der Waals surface area contributed by atoms with Crippen molar-refractivity contribution in [1.82, 2.24) is 4.72 Å². The summed E-state index contributed by atoms with van der Waals surface area (Å²) < 4.78 is 31.5. The number of nitrogens with one attached hydrogen (secondary N) is 1. The maximum absolute atomic E-state index is 11.9. The lowest BCUT2D eigenvalue weighted by atomic mass is 10.3. The molecule has 1 aliphatic carbocycles. The van der Waals surface area contributed by atoms with Gasteiger partial charge in [0, 0.05) is 12.6 Å². The first kappa shape index (κ1) is 12.2. The van der Waals surface area contributed by atoms with E-state index in [-0.39, 0.29) is 4.90 Å². The van der Waals surface area contributed by atoms with Crippen LogP contribution in [-0.4, -0.2) is 22.1 Å². The standard InChI is InChI=1S/C11H16N2O3S/c1-16-11-6-9(4-5-10(11)12)17(14,15)13-7-8-2-3-8/h4-6,8,13H,2-3,7,12H2,1H3. The summed E-state index contributed by atoms with van der Waals surface area (Å²) in [5.74, 6) is 0.875. The first-order valence-electron chi connectivity index (χ1n) is 5.46. The van der Waals surface area contributed by atoms with Crippen molar-refractivity contribution in [1.29, 1.82) is 0 Å². The second kappa shape index (κ2) is 4.54. The Labute approximate surface area is 101 Å². The summed E-state index contributed by atoms with van der Waals surface area (Å²) in [5, 5.41) is 0. The highest BCUT2D eigenvalue weighted by molar-refractivity contribution is 7.89. The molecule has 0 atom stereocenters. The van der Waals surface area contributed by atoms with Crippen molar-refractivity contribution in [3.05, 3.63) is 18.2 Å². The van der Waals surface area contributed by atoms with Gasteiger partial charge in [-0.15, -0.1) is 0 Å². The zero-order valence-electron chi connectivity index (χ0n) is 9.64. The summed E-state index contributed by atoms with van der Waals surface area (Å²) in [6.07, 6.45) is 2.21. The van der Waals surface area contributed by atoms with Crippen LogP contribution in [0.4, 0.5) is 5.69 Å². The normalized spacial score (nSPS) is 15.8. The van der Waals surface area contributed by atoms with Gasteiger partial charge in [-0.3, -0.25) is 0 Å². The predicted molar refractivity (Wildman–Crippen MR) is 65.3 cm³/mol. The maximum atomic E-state index is 11.9. The van der Waals surface area contributed by atoms with Crippen LogP contribution in [0.3, 0.4) is 0 Å². The van der Waals surface area contributed by atoms with E-state index in [2.05, 4.69) is 4.72 Å². The Kier molecular flexibility index (Phi) is 3.26. The van der Waals surface area contributed by atoms with E-state index in [9.17, 15) is 8.42 Å². The molecule has 3 N–H and O–H groups in total. The lowest BCUT2D eigenvalue weighted by molar-refractivity contribution is 0.415. The van der Waals surface area contributed by atoms with Gasteiger partial charge in [0.2, 0.25) is 10.0 Å². The molecule has 1 fully saturated rings. The van der Waals surface area contributed by atoms with E-state index in [0.717, 1.165) is 12.8 Å². The molecule has 0 heterocycles. The van der Waals surface area contributed by atoms with E-state index in [1.165, 1.54) is 25.3 Å². The zero-order chi connectivity index (χ0) is 12.5. The van der Waals surface area contributed by atoms with Crippen molar-refractivity contribution in [2.24, 2.45) is 5.92 Å². The van der Waals surface area contributed by atoms with E-state index in [1.807, 2.05) is 0 Å². The second-order valence-electron chi connectivity index (χ2n) is 4.20. The van der Waals surface area contributed by atoms with Crippen molar-refractivity contribution in [2.75, 3.05) is 19.4 Å². The number of anilines is 1.